The van der Waals surface area contributed by atoms with Gasteiger partial charge in [0.25, 0.3) is 0 Å². The minimum atomic E-state index is -0.649. The maximum atomic E-state index is 10.2. The van der Waals surface area contributed by atoms with Crippen LogP contribution in [0.5, 0.6) is 0 Å². The van der Waals surface area contributed by atoms with Crippen LogP contribution in [0.1, 0.15) is 85.5 Å². The molecular weight excluding hydrogens is 356 g/mol. The molecule has 0 amide bonds. The van der Waals surface area contributed by atoms with Gasteiger partial charge in [-0.25, -0.2) is 0 Å². The Bertz CT molecular complexity index is 690. The van der Waals surface area contributed by atoms with Gasteiger partial charge in [0.2, 0.25) is 0 Å². The van der Waals surface area contributed by atoms with Gasteiger partial charge in [-0.2, -0.15) is 0 Å². The number of rotatable bonds is 5. The van der Waals surface area contributed by atoms with E-state index in [1.165, 1.54) is 43.3 Å². The molecule has 3 aliphatic rings. The van der Waals surface area contributed by atoms with Gasteiger partial charge in [0, 0.05) is 5.92 Å². The molecule has 0 aromatic heterocycles. The molecule has 29 heavy (non-hydrogen) atoms. The SMILES string of the molecule is C=C1CC[C@H](O)C/C1=C/C=C1\CCC[C@]2(C)[C@@H](C/C=C/[C@H](C)C(C)(C)O)CC[C@@H]12. The van der Waals surface area contributed by atoms with Crippen LogP contribution in [0.15, 0.2) is 47.6 Å². The Morgan fingerprint density at radius 1 is 1.21 bits per heavy atom. The van der Waals surface area contributed by atoms with Crippen LogP contribution in [0, 0.1) is 23.2 Å². The fourth-order valence-corrected chi connectivity index (χ4v) is 5.81. The van der Waals surface area contributed by atoms with Gasteiger partial charge in [0.1, 0.15) is 0 Å². The molecule has 0 spiro atoms. The van der Waals surface area contributed by atoms with Crippen molar-refractivity contribution in [2.45, 2.75) is 97.2 Å². The molecule has 0 unspecified atom stereocenters. The fourth-order valence-electron chi connectivity index (χ4n) is 5.81. The molecule has 2 nitrogen and oxygen atoms in total. The Morgan fingerprint density at radius 2 is 1.97 bits per heavy atom. The van der Waals surface area contributed by atoms with E-state index < -0.39 is 5.60 Å². The average Bonchev–Trinajstić information content (AvgIpc) is 2.98. The van der Waals surface area contributed by atoms with Crippen LogP contribution in [0.25, 0.3) is 0 Å². The molecule has 162 valence electrons. The van der Waals surface area contributed by atoms with Crippen molar-refractivity contribution in [1.82, 2.24) is 0 Å². The lowest BCUT2D eigenvalue weighted by molar-refractivity contribution is 0.0439. The van der Waals surface area contributed by atoms with Crippen LogP contribution < -0.4 is 0 Å². The molecule has 0 aliphatic heterocycles. The first kappa shape index (κ1) is 22.6. The molecule has 2 N–H and O–H groups in total. The molecule has 3 rings (SSSR count). The van der Waals surface area contributed by atoms with Gasteiger partial charge in [-0.15, -0.1) is 0 Å². The van der Waals surface area contributed by atoms with Crippen LogP contribution in [0.3, 0.4) is 0 Å². The lowest BCUT2D eigenvalue weighted by Crippen LogP contribution is -2.33. The first-order chi connectivity index (χ1) is 13.6. The quantitative estimate of drug-likeness (QED) is 0.518. The molecular formula is C27H42O2. The number of hydrogen-bond donors (Lipinski definition) is 2. The van der Waals surface area contributed by atoms with E-state index in [4.69, 9.17) is 0 Å². The van der Waals surface area contributed by atoms with Gasteiger partial charge < -0.3 is 10.2 Å². The molecule has 0 saturated heterocycles. The maximum absolute atomic E-state index is 10.2. The molecule has 2 heteroatoms. The van der Waals surface area contributed by atoms with Crippen molar-refractivity contribution in [2.75, 3.05) is 0 Å². The van der Waals surface area contributed by atoms with Gasteiger partial charge in [0.15, 0.2) is 0 Å². The number of aliphatic hydroxyl groups is 2. The highest BCUT2D eigenvalue weighted by molar-refractivity contribution is 5.36. The molecule has 0 aromatic rings. The third kappa shape index (κ3) is 5.14. The second-order valence-corrected chi connectivity index (χ2v) is 10.7. The molecule has 3 saturated carbocycles. The van der Waals surface area contributed by atoms with Crippen LogP contribution in [-0.2, 0) is 0 Å². The summed E-state index contributed by atoms with van der Waals surface area (Å²) >= 11 is 0. The maximum Gasteiger partial charge on any atom is 0.0651 e. The van der Waals surface area contributed by atoms with Crippen molar-refractivity contribution in [3.63, 3.8) is 0 Å². The van der Waals surface area contributed by atoms with Gasteiger partial charge in [-0.05, 0) is 94.5 Å². The van der Waals surface area contributed by atoms with Crippen molar-refractivity contribution in [3.8, 4) is 0 Å². The van der Waals surface area contributed by atoms with Crippen LogP contribution in [0.4, 0.5) is 0 Å². The summed E-state index contributed by atoms with van der Waals surface area (Å²) in [5, 5.41) is 20.2. The summed E-state index contributed by atoms with van der Waals surface area (Å²) in [6, 6.07) is 0. The molecule has 0 bridgehead atoms. The first-order valence-electron chi connectivity index (χ1n) is 11.8. The van der Waals surface area contributed by atoms with Crippen molar-refractivity contribution >= 4 is 0 Å². The lowest BCUT2D eigenvalue weighted by Gasteiger charge is -2.42. The molecule has 0 heterocycles. The molecule has 0 aromatic carbocycles. The minimum Gasteiger partial charge on any atom is -0.393 e. The number of fused-ring (bicyclic) bond motifs is 1. The second-order valence-electron chi connectivity index (χ2n) is 10.7. The van der Waals surface area contributed by atoms with E-state index in [-0.39, 0.29) is 12.0 Å². The Morgan fingerprint density at radius 3 is 2.69 bits per heavy atom. The van der Waals surface area contributed by atoms with E-state index in [0.29, 0.717) is 11.3 Å². The predicted molar refractivity (Wildman–Crippen MR) is 123 cm³/mol. The van der Waals surface area contributed by atoms with Gasteiger partial charge in [0.05, 0.1) is 11.7 Å². The van der Waals surface area contributed by atoms with E-state index in [9.17, 15) is 10.2 Å². The Labute approximate surface area is 178 Å². The normalized spacial score (nSPS) is 37.4. The third-order valence-electron chi connectivity index (χ3n) is 8.31. The average molecular weight is 399 g/mol. The molecule has 3 aliphatic carbocycles. The summed E-state index contributed by atoms with van der Waals surface area (Å²) in [5.74, 6) is 1.61. The van der Waals surface area contributed by atoms with E-state index in [1.54, 1.807) is 5.57 Å². The smallest absolute Gasteiger partial charge is 0.0651 e. The van der Waals surface area contributed by atoms with Gasteiger partial charge in [-0.1, -0.05) is 55.9 Å². The Balaban J connectivity index is 1.70. The van der Waals surface area contributed by atoms with E-state index >= 15 is 0 Å². The summed E-state index contributed by atoms with van der Waals surface area (Å²) in [5.41, 5.74) is 3.83. The topological polar surface area (TPSA) is 40.5 Å². The fraction of sp³-hybridized carbons (Fsp3) is 0.704. The van der Waals surface area contributed by atoms with Crippen molar-refractivity contribution in [3.05, 3.63) is 47.6 Å². The largest absolute Gasteiger partial charge is 0.393 e. The molecule has 3 fully saturated rings. The third-order valence-corrected chi connectivity index (χ3v) is 8.31. The summed E-state index contributed by atoms with van der Waals surface area (Å²) < 4.78 is 0. The Kier molecular flexibility index (Phi) is 6.95. The number of hydrogen-bond acceptors (Lipinski definition) is 2. The van der Waals surface area contributed by atoms with Crippen molar-refractivity contribution < 1.29 is 10.2 Å². The summed E-state index contributed by atoms with van der Waals surface area (Å²) in [7, 11) is 0. The van der Waals surface area contributed by atoms with Gasteiger partial charge in [-0.3, -0.25) is 0 Å². The summed E-state index contributed by atoms with van der Waals surface area (Å²) in [6.07, 6.45) is 19.1. The lowest BCUT2D eigenvalue weighted by atomic mass is 9.63. The minimum absolute atomic E-state index is 0.180. The first-order valence-corrected chi connectivity index (χ1v) is 11.8. The summed E-state index contributed by atoms with van der Waals surface area (Å²) in [6.45, 7) is 12.6. The van der Waals surface area contributed by atoms with E-state index in [2.05, 4.69) is 44.7 Å². The van der Waals surface area contributed by atoms with E-state index in [0.717, 1.165) is 31.6 Å². The van der Waals surface area contributed by atoms with Crippen molar-refractivity contribution in [2.24, 2.45) is 23.2 Å². The number of aliphatic hydroxyl groups excluding tert-OH is 1. The van der Waals surface area contributed by atoms with Crippen molar-refractivity contribution in [1.29, 1.82) is 0 Å². The zero-order valence-electron chi connectivity index (χ0n) is 19.1. The molecule has 0 radical (unpaired) electrons. The number of allylic oxidation sites excluding steroid dienone is 5. The molecule has 5 atom stereocenters. The zero-order valence-corrected chi connectivity index (χ0v) is 19.1. The predicted octanol–water partition coefficient (Wildman–Crippen LogP) is 6.51. The second kappa shape index (κ2) is 8.94. The highest BCUT2D eigenvalue weighted by Crippen LogP contribution is 2.58. The van der Waals surface area contributed by atoms with Crippen LogP contribution in [0.2, 0.25) is 0 Å². The Hall–Kier alpha value is -1.12. The zero-order chi connectivity index (χ0) is 21.2. The highest BCUT2D eigenvalue weighted by Gasteiger charge is 2.48. The standard InChI is InChI=1S/C27H42O2/c1-19-11-15-24(28)18-22(19)13-12-21-9-7-17-27(5)23(14-16-25(21)27)10-6-8-20(2)26(3,4)29/h6,8,12-13,20,23-25,28-29H,1,7,9-11,14-18H2,2-5H3/b8-6+,21-12+,22-13-/t20-,23-,24-,25-,27+/m0/s1. The monoisotopic (exact) mass is 398 g/mol. The van der Waals surface area contributed by atoms with Crippen LogP contribution >= 0.6 is 0 Å². The van der Waals surface area contributed by atoms with Gasteiger partial charge >= 0.3 is 0 Å². The van der Waals surface area contributed by atoms with Crippen LogP contribution in [-0.4, -0.2) is 21.9 Å². The highest BCUT2D eigenvalue weighted by atomic mass is 16.3. The van der Waals surface area contributed by atoms with E-state index in [1.807, 2.05) is 13.8 Å². The summed E-state index contributed by atoms with van der Waals surface area (Å²) in [4.78, 5) is 0.